The molecule has 0 aliphatic carbocycles. The van der Waals surface area contributed by atoms with Gasteiger partial charge in [-0.25, -0.2) is 9.78 Å². The van der Waals surface area contributed by atoms with E-state index in [4.69, 9.17) is 9.47 Å². The van der Waals surface area contributed by atoms with Gasteiger partial charge in [-0.1, -0.05) is 0 Å². The number of esters is 1. The van der Waals surface area contributed by atoms with Crippen molar-refractivity contribution < 1.29 is 19.1 Å². The summed E-state index contributed by atoms with van der Waals surface area (Å²) in [5, 5.41) is 4.35. The molecule has 0 radical (unpaired) electrons. The second kappa shape index (κ2) is 8.70. The lowest BCUT2D eigenvalue weighted by Crippen LogP contribution is -2.22. The number of anilines is 1. The van der Waals surface area contributed by atoms with Crippen LogP contribution in [0.3, 0.4) is 0 Å². The lowest BCUT2D eigenvalue weighted by molar-refractivity contribution is -0.115. The van der Waals surface area contributed by atoms with Gasteiger partial charge in [0.15, 0.2) is 10.8 Å². The lowest BCUT2D eigenvalue weighted by Gasteiger charge is -2.10. The maximum absolute atomic E-state index is 12.2. The van der Waals surface area contributed by atoms with Crippen LogP contribution in [0, 0.1) is 0 Å². The van der Waals surface area contributed by atoms with Gasteiger partial charge in [-0.15, -0.1) is 23.1 Å². The van der Waals surface area contributed by atoms with Crippen molar-refractivity contribution in [1.82, 2.24) is 4.98 Å². The van der Waals surface area contributed by atoms with Gasteiger partial charge in [0.05, 0.1) is 19.0 Å². The quantitative estimate of drug-likeness (QED) is 0.597. The molecule has 8 heteroatoms. The van der Waals surface area contributed by atoms with Crippen LogP contribution in [0.25, 0.3) is 0 Å². The number of benzene rings is 1. The molecular formula is C16H18N2O4S2. The molecule has 1 aromatic carbocycles. The number of carbonyl (C=O) groups excluding carboxylic acids is 2. The minimum absolute atomic E-state index is 0.180. The van der Waals surface area contributed by atoms with Crippen molar-refractivity contribution in [2.75, 3.05) is 19.0 Å². The molecule has 0 bridgehead atoms. The SMILES string of the molecule is CCOC(=O)c1csc(NC(=O)[C@@H](C)Sc2ccc(OC)cc2)n1. The topological polar surface area (TPSA) is 77.5 Å². The van der Waals surface area contributed by atoms with E-state index in [1.165, 1.54) is 23.1 Å². The van der Waals surface area contributed by atoms with Crippen molar-refractivity contribution in [3.63, 3.8) is 0 Å². The smallest absolute Gasteiger partial charge is 0.357 e. The Hall–Kier alpha value is -2.06. The Morgan fingerprint density at radius 3 is 2.67 bits per heavy atom. The van der Waals surface area contributed by atoms with E-state index in [1.54, 1.807) is 19.4 Å². The first-order valence-corrected chi connectivity index (χ1v) is 9.03. The number of hydrogen-bond acceptors (Lipinski definition) is 7. The Labute approximate surface area is 148 Å². The molecule has 0 spiro atoms. The van der Waals surface area contributed by atoms with Crippen LogP contribution in [0.1, 0.15) is 24.3 Å². The summed E-state index contributed by atoms with van der Waals surface area (Å²) in [7, 11) is 1.61. The average molecular weight is 366 g/mol. The molecule has 128 valence electrons. The number of hydrogen-bond donors (Lipinski definition) is 1. The molecule has 2 rings (SSSR count). The van der Waals surface area contributed by atoms with E-state index >= 15 is 0 Å². The highest BCUT2D eigenvalue weighted by Crippen LogP contribution is 2.26. The first-order valence-electron chi connectivity index (χ1n) is 7.27. The predicted octanol–water partition coefficient (Wildman–Crippen LogP) is 3.45. The van der Waals surface area contributed by atoms with Crippen LogP contribution in [0.15, 0.2) is 34.5 Å². The molecule has 0 saturated carbocycles. The van der Waals surface area contributed by atoms with E-state index in [9.17, 15) is 9.59 Å². The van der Waals surface area contributed by atoms with E-state index in [0.717, 1.165) is 10.6 Å². The van der Waals surface area contributed by atoms with Crippen molar-refractivity contribution in [3.8, 4) is 5.75 Å². The number of nitrogens with zero attached hydrogens (tertiary/aromatic N) is 1. The van der Waals surface area contributed by atoms with Crippen molar-refractivity contribution in [3.05, 3.63) is 35.3 Å². The Bertz CT molecular complexity index is 700. The monoisotopic (exact) mass is 366 g/mol. The van der Waals surface area contributed by atoms with Gasteiger partial charge < -0.3 is 14.8 Å². The van der Waals surface area contributed by atoms with Crippen LogP contribution in [-0.4, -0.2) is 35.8 Å². The van der Waals surface area contributed by atoms with Gasteiger partial charge in [0.25, 0.3) is 0 Å². The molecule has 0 aliphatic heterocycles. The second-order valence-electron chi connectivity index (χ2n) is 4.68. The largest absolute Gasteiger partial charge is 0.497 e. The third kappa shape index (κ3) is 4.97. The molecule has 2 aromatic rings. The third-order valence-electron chi connectivity index (χ3n) is 2.96. The number of ether oxygens (including phenoxy) is 2. The zero-order valence-corrected chi connectivity index (χ0v) is 15.2. The van der Waals surface area contributed by atoms with Gasteiger partial charge in [0.1, 0.15) is 5.75 Å². The molecular weight excluding hydrogens is 348 g/mol. The van der Waals surface area contributed by atoms with Crippen molar-refractivity contribution in [1.29, 1.82) is 0 Å². The highest BCUT2D eigenvalue weighted by molar-refractivity contribution is 8.00. The fourth-order valence-electron chi connectivity index (χ4n) is 1.75. The fourth-order valence-corrected chi connectivity index (χ4v) is 3.30. The summed E-state index contributed by atoms with van der Waals surface area (Å²) in [5.41, 5.74) is 0.201. The van der Waals surface area contributed by atoms with Gasteiger partial charge in [0.2, 0.25) is 5.91 Å². The number of rotatable bonds is 7. The summed E-state index contributed by atoms with van der Waals surface area (Å²) < 4.78 is 9.98. The molecule has 1 atom stereocenters. The number of thiazole rings is 1. The Morgan fingerprint density at radius 2 is 2.04 bits per heavy atom. The predicted molar refractivity (Wildman–Crippen MR) is 95.0 cm³/mol. The van der Waals surface area contributed by atoms with Gasteiger partial charge in [0, 0.05) is 10.3 Å². The van der Waals surface area contributed by atoms with Crippen LogP contribution >= 0.6 is 23.1 Å². The fraction of sp³-hybridized carbons (Fsp3) is 0.312. The van der Waals surface area contributed by atoms with E-state index < -0.39 is 5.97 Å². The number of carbonyl (C=O) groups is 2. The van der Waals surface area contributed by atoms with Gasteiger partial charge in [-0.3, -0.25) is 4.79 Å². The molecule has 1 heterocycles. The number of aromatic nitrogens is 1. The molecule has 6 nitrogen and oxygen atoms in total. The Balaban J connectivity index is 1.92. The molecule has 0 saturated heterocycles. The Kier molecular flexibility index (Phi) is 6.62. The zero-order valence-electron chi connectivity index (χ0n) is 13.6. The van der Waals surface area contributed by atoms with Crippen LogP contribution < -0.4 is 10.1 Å². The lowest BCUT2D eigenvalue weighted by atomic mass is 10.3. The van der Waals surface area contributed by atoms with Gasteiger partial charge >= 0.3 is 5.97 Å². The minimum Gasteiger partial charge on any atom is -0.497 e. The summed E-state index contributed by atoms with van der Waals surface area (Å²) >= 11 is 2.62. The molecule has 24 heavy (non-hydrogen) atoms. The summed E-state index contributed by atoms with van der Waals surface area (Å²) in [5.74, 6) is 0.0983. The molecule has 0 unspecified atom stereocenters. The van der Waals surface area contributed by atoms with E-state index in [0.29, 0.717) is 5.13 Å². The van der Waals surface area contributed by atoms with Crippen molar-refractivity contribution >= 4 is 40.1 Å². The zero-order chi connectivity index (χ0) is 17.5. The number of methoxy groups -OCH3 is 1. The molecule has 0 aliphatic rings. The minimum atomic E-state index is -0.491. The highest BCUT2D eigenvalue weighted by Gasteiger charge is 2.18. The Morgan fingerprint density at radius 1 is 1.33 bits per heavy atom. The maximum atomic E-state index is 12.2. The van der Waals surface area contributed by atoms with E-state index in [2.05, 4.69) is 10.3 Å². The normalized spacial score (nSPS) is 11.6. The standard InChI is InChI=1S/C16H18N2O4S2/c1-4-22-15(20)13-9-23-16(17-13)18-14(19)10(2)24-12-7-5-11(21-3)6-8-12/h5-10H,4H2,1-3H3,(H,17,18,19)/t10-/m1/s1. The van der Waals surface area contributed by atoms with Crippen LogP contribution in [0.4, 0.5) is 5.13 Å². The summed E-state index contributed by atoms with van der Waals surface area (Å²) in [6, 6.07) is 7.49. The number of amides is 1. The van der Waals surface area contributed by atoms with E-state index in [-0.39, 0.29) is 23.5 Å². The number of nitrogens with one attached hydrogen (secondary N) is 1. The van der Waals surface area contributed by atoms with Crippen molar-refractivity contribution in [2.24, 2.45) is 0 Å². The van der Waals surface area contributed by atoms with Crippen molar-refractivity contribution in [2.45, 2.75) is 24.0 Å². The number of thioether (sulfide) groups is 1. The van der Waals surface area contributed by atoms with Gasteiger partial charge in [-0.2, -0.15) is 0 Å². The van der Waals surface area contributed by atoms with Gasteiger partial charge in [-0.05, 0) is 38.1 Å². The van der Waals surface area contributed by atoms with Crippen LogP contribution in [0.2, 0.25) is 0 Å². The second-order valence-corrected chi connectivity index (χ2v) is 6.96. The average Bonchev–Trinajstić information content (AvgIpc) is 3.04. The third-order valence-corrected chi connectivity index (χ3v) is 4.83. The summed E-state index contributed by atoms with van der Waals surface area (Å²) in [4.78, 5) is 28.8. The summed E-state index contributed by atoms with van der Waals surface area (Å²) in [6.07, 6.45) is 0. The maximum Gasteiger partial charge on any atom is 0.357 e. The van der Waals surface area contributed by atoms with Crippen LogP contribution in [-0.2, 0) is 9.53 Å². The first-order chi connectivity index (χ1) is 11.5. The highest BCUT2D eigenvalue weighted by atomic mass is 32.2. The molecule has 0 fully saturated rings. The molecule has 1 N–H and O–H groups in total. The van der Waals surface area contributed by atoms with Crippen LogP contribution in [0.5, 0.6) is 5.75 Å². The first kappa shape index (κ1) is 18.3. The molecule has 1 aromatic heterocycles. The van der Waals surface area contributed by atoms with E-state index in [1.807, 2.05) is 31.2 Å². The summed E-state index contributed by atoms with van der Waals surface area (Å²) in [6.45, 7) is 3.82. The molecule has 1 amide bonds.